The van der Waals surface area contributed by atoms with E-state index >= 15 is 0 Å². The Labute approximate surface area is 189 Å². The predicted octanol–water partition coefficient (Wildman–Crippen LogP) is 7.05. The molecule has 0 fully saturated rings. The number of carbonyl (C=O) groups excluding carboxylic acids is 1. The fourth-order valence-corrected chi connectivity index (χ4v) is 3.82. The van der Waals surface area contributed by atoms with Gasteiger partial charge in [0.05, 0.1) is 5.56 Å². The Morgan fingerprint density at radius 1 is 0.788 bits per heavy atom. The van der Waals surface area contributed by atoms with Crippen LogP contribution in [0.1, 0.15) is 15.9 Å². The second kappa shape index (κ2) is 8.45. The summed E-state index contributed by atoms with van der Waals surface area (Å²) in [5, 5.41) is 16.0. The van der Waals surface area contributed by atoms with E-state index in [0.717, 1.165) is 21.5 Å². The Morgan fingerprint density at radius 2 is 1.45 bits per heavy atom. The fourth-order valence-electron chi connectivity index (χ4n) is 3.82. The summed E-state index contributed by atoms with van der Waals surface area (Å²) in [5.74, 6) is -0.778. The van der Waals surface area contributed by atoms with Crippen molar-refractivity contribution in [3.05, 3.63) is 114 Å². The van der Waals surface area contributed by atoms with E-state index in [1.807, 2.05) is 72.8 Å². The minimum absolute atomic E-state index is 0.0481. The van der Waals surface area contributed by atoms with Crippen molar-refractivity contribution in [3.63, 3.8) is 0 Å². The van der Waals surface area contributed by atoms with E-state index in [9.17, 15) is 14.4 Å². The van der Waals surface area contributed by atoms with Gasteiger partial charge in [-0.3, -0.25) is 4.79 Å². The van der Waals surface area contributed by atoms with Gasteiger partial charge in [-0.05, 0) is 46.5 Å². The van der Waals surface area contributed by atoms with Crippen molar-refractivity contribution in [2.24, 2.45) is 0 Å². The molecule has 0 radical (unpaired) electrons. The van der Waals surface area contributed by atoms with Gasteiger partial charge in [0, 0.05) is 11.1 Å². The average molecular weight is 432 g/mol. The number of fused-ring (bicyclic) bond motifs is 2. The molecule has 0 atom stereocenters. The molecule has 158 valence electrons. The number of ether oxygens (including phenoxy) is 1. The molecule has 5 aromatic carbocycles. The molecule has 0 aliphatic rings. The second-order valence-electron chi connectivity index (χ2n) is 7.50. The first-order valence-corrected chi connectivity index (χ1v) is 10.3. The molecule has 4 nitrogen and oxygen atoms in total. The van der Waals surface area contributed by atoms with Crippen LogP contribution in [0.2, 0.25) is 0 Å². The maximum absolute atomic E-state index is 14.1. The van der Waals surface area contributed by atoms with Gasteiger partial charge in [-0.1, -0.05) is 66.7 Å². The molecular formula is C28H17FN2O2. The third-order valence-electron chi connectivity index (χ3n) is 5.44. The van der Waals surface area contributed by atoms with Crippen molar-refractivity contribution in [3.8, 4) is 17.6 Å². The number of anilines is 1. The minimum Gasteiger partial charge on any atom is -0.455 e. The van der Waals surface area contributed by atoms with Gasteiger partial charge in [0.2, 0.25) is 0 Å². The van der Waals surface area contributed by atoms with Gasteiger partial charge in [-0.15, -0.1) is 0 Å². The molecule has 0 heterocycles. The van der Waals surface area contributed by atoms with Crippen molar-refractivity contribution in [2.45, 2.75) is 0 Å². The number of nitrogens with one attached hydrogen (secondary N) is 1. The van der Waals surface area contributed by atoms with Crippen LogP contribution in [0.5, 0.6) is 11.5 Å². The summed E-state index contributed by atoms with van der Waals surface area (Å²) in [6, 6.07) is 30.5. The Morgan fingerprint density at radius 3 is 2.24 bits per heavy atom. The Bertz CT molecular complexity index is 1560. The highest BCUT2D eigenvalue weighted by molar-refractivity contribution is 6.12. The average Bonchev–Trinajstić information content (AvgIpc) is 2.84. The van der Waals surface area contributed by atoms with Crippen LogP contribution in [-0.4, -0.2) is 5.91 Å². The number of benzene rings is 5. The molecule has 0 aromatic heterocycles. The third-order valence-corrected chi connectivity index (χ3v) is 5.44. The zero-order valence-corrected chi connectivity index (χ0v) is 17.4. The van der Waals surface area contributed by atoms with Gasteiger partial charge in [-0.2, -0.15) is 5.26 Å². The monoisotopic (exact) mass is 432 g/mol. The zero-order valence-electron chi connectivity index (χ0n) is 17.4. The minimum atomic E-state index is -0.683. The van der Waals surface area contributed by atoms with E-state index in [-0.39, 0.29) is 28.5 Å². The number of nitrogens with zero attached hydrogens (tertiary/aromatic N) is 1. The van der Waals surface area contributed by atoms with Crippen LogP contribution < -0.4 is 10.1 Å². The molecule has 5 aromatic rings. The summed E-state index contributed by atoms with van der Waals surface area (Å²) >= 11 is 0. The van der Waals surface area contributed by atoms with Crippen LogP contribution in [0.3, 0.4) is 0 Å². The highest BCUT2D eigenvalue weighted by atomic mass is 19.1. The molecule has 0 unspecified atom stereocenters. The van der Waals surface area contributed by atoms with E-state index < -0.39 is 5.82 Å². The van der Waals surface area contributed by atoms with Gasteiger partial charge < -0.3 is 10.1 Å². The highest BCUT2D eigenvalue weighted by Gasteiger charge is 2.18. The van der Waals surface area contributed by atoms with Crippen LogP contribution in [0.25, 0.3) is 21.5 Å². The Hall–Kier alpha value is -4.69. The number of rotatable bonds is 4. The highest BCUT2D eigenvalue weighted by Crippen LogP contribution is 2.33. The van der Waals surface area contributed by atoms with E-state index in [2.05, 4.69) is 5.32 Å². The summed E-state index contributed by atoms with van der Waals surface area (Å²) in [6.07, 6.45) is 0. The van der Waals surface area contributed by atoms with Crippen molar-refractivity contribution >= 4 is 33.1 Å². The van der Waals surface area contributed by atoms with E-state index in [1.165, 1.54) is 18.2 Å². The maximum Gasteiger partial charge on any atom is 0.259 e. The number of halogens is 1. The quantitative estimate of drug-likeness (QED) is 0.331. The topological polar surface area (TPSA) is 62.1 Å². The summed E-state index contributed by atoms with van der Waals surface area (Å²) < 4.78 is 20.1. The Kier molecular flexibility index (Phi) is 5.18. The lowest BCUT2D eigenvalue weighted by atomic mass is 10.0. The number of hydrogen-bond donors (Lipinski definition) is 1. The van der Waals surface area contributed by atoms with E-state index in [1.54, 1.807) is 12.1 Å². The SMILES string of the molecule is N#Cc1c(F)cccc1Oc1cc2ccccc2cc1C(=O)Nc1cccc2ccccc12. The standard InChI is InChI=1S/C28H17FN2O2/c29-24-12-6-14-26(23(24)17-30)33-27-16-20-9-2-1-8-19(20)15-22(27)28(32)31-25-13-5-10-18-7-3-4-11-21(18)25/h1-16H,(H,31,32). The maximum atomic E-state index is 14.1. The molecule has 0 saturated heterocycles. The lowest BCUT2D eigenvalue weighted by Crippen LogP contribution is -2.13. The second-order valence-corrected chi connectivity index (χ2v) is 7.50. The largest absolute Gasteiger partial charge is 0.455 e. The van der Waals surface area contributed by atoms with Crippen LogP contribution in [0.4, 0.5) is 10.1 Å². The molecule has 5 heteroatoms. The number of nitriles is 1. The van der Waals surface area contributed by atoms with Crippen LogP contribution >= 0.6 is 0 Å². The molecule has 0 bridgehead atoms. The lowest BCUT2D eigenvalue weighted by molar-refractivity contribution is 0.102. The molecule has 5 rings (SSSR count). The van der Waals surface area contributed by atoms with Gasteiger partial charge >= 0.3 is 0 Å². The first kappa shape index (κ1) is 20.2. The Balaban J connectivity index is 1.60. The number of amides is 1. The van der Waals surface area contributed by atoms with Gasteiger partial charge in [0.1, 0.15) is 28.9 Å². The normalized spacial score (nSPS) is 10.7. The summed E-state index contributed by atoms with van der Waals surface area (Å²) in [5.41, 5.74) is 0.724. The van der Waals surface area contributed by atoms with Crippen molar-refractivity contribution < 1.29 is 13.9 Å². The van der Waals surface area contributed by atoms with Crippen molar-refractivity contribution in [2.75, 3.05) is 5.32 Å². The third kappa shape index (κ3) is 3.86. The summed E-state index contributed by atoms with van der Waals surface area (Å²) in [4.78, 5) is 13.4. The van der Waals surface area contributed by atoms with Crippen LogP contribution in [-0.2, 0) is 0 Å². The smallest absolute Gasteiger partial charge is 0.259 e. The molecule has 0 aliphatic heterocycles. The van der Waals surface area contributed by atoms with Crippen molar-refractivity contribution in [1.29, 1.82) is 5.26 Å². The zero-order chi connectivity index (χ0) is 22.8. The van der Waals surface area contributed by atoms with Crippen LogP contribution in [0, 0.1) is 17.1 Å². The molecule has 0 saturated carbocycles. The molecular weight excluding hydrogens is 415 g/mol. The summed E-state index contributed by atoms with van der Waals surface area (Å²) in [6.45, 7) is 0. The fraction of sp³-hybridized carbons (Fsp3) is 0. The molecule has 0 aliphatic carbocycles. The van der Waals surface area contributed by atoms with E-state index in [0.29, 0.717) is 5.69 Å². The number of hydrogen-bond acceptors (Lipinski definition) is 3. The number of carbonyl (C=O) groups is 1. The lowest BCUT2D eigenvalue weighted by Gasteiger charge is -2.15. The summed E-state index contributed by atoms with van der Waals surface area (Å²) in [7, 11) is 0. The van der Waals surface area contributed by atoms with Gasteiger partial charge in [0.15, 0.2) is 0 Å². The predicted molar refractivity (Wildman–Crippen MR) is 127 cm³/mol. The van der Waals surface area contributed by atoms with Crippen LogP contribution in [0.15, 0.2) is 97.1 Å². The first-order valence-electron chi connectivity index (χ1n) is 10.3. The van der Waals surface area contributed by atoms with Crippen molar-refractivity contribution in [1.82, 2.24) is 0 Å². The van der Waals surface area contributed by atoms with Gasteiger partial charge in [0.25, 0.3) is 5.91 Å². The first-order chi connectivity index (χ1) is 16.1. The van der Waals surface area contributed by atoms with Gasteiger partial charge in [-0.25, -0.2) is 4.39 Å². The molecule has 1 amide bonds. The molecule has 33 heavy (non-hydrogen) atoms. The van der Waals surface area contributed by atoms with E-state index in [4.69, 9.17) is 4.74 Å². The molecule has 0 spiro atoms. The molecule has 1 N–H and O–H groups in total.